The molecule has 0 unspecified atom stereocenters. The second-order valence-electron chi connectivity index (χ2n) is 3.48. The molecule has 0 atom stereocenters. The second kappa shape index (κ2) is 4.40. The van der Waals surface area contributed by atoms with Crippen LogP contribution in [0.15, 0.2) is 24.5 Å². The molecule has 84 valence electrons. The van der Waals surface area contributed by atoms with Crippen LogP contribution in [0.5, 0.6) is 0 Å². The van der Waals surface area contributed by atoms with Gasteiger partial charge in [-0.05, 0) is 12.1 Å². The zero-order valence-corrected chi connectivity index (χ0v) is 8.89. The van der Waals surface area contributed by atoms with E-state index < -0.39 is 0 Å². The van der Waals surface area contributed by atoms with E-state index in [1.54, 1.807) is 24.1 Å². The van der Waals surface area contributed by atoms with Crippen molar-refractivity contribution in [2.45, 2.75) is 0 Å². The minimum atomic E-state index is -0.362. The summed E-state index contributed by atoms with van der Waals surface area (Å²) in [4.78, 5) is 9.78. The van der Waals surface area contributed by atoms with Gasteiger partial charge in [0.2, 0.25) is 0 Å². The van der Waals surface area contributed by atoms with Gasteiger partial charge in [0.25, 0.3) is 0 Å². The molecule has 4 nitrogen and oxygen atoms in total. The molecule has 0 fully saturated rings. The quantitative estimate of drug-likeness (QED) is 0.846. The number of benzene rings is 1. The number of halogens is 1. The number of nitrogens with zero attached hydrogens (tertiary/aromatic N) is 3. The SMILES string of the molecule is CN(CCO)c1ncnc2c(F)cccc12. The molecule has 1 heterocycles. The molecule has 0 aliphatic rings. The fraction of sp³-hybridized carbons (Fsp3) is 0.273. The van der Waals surface area contributed by atoms with Gasteiger partial charge >= 0.3 is 0 Å². The number of rotatable bonds is 3. The Kier molecular flexibility index (Phi) is 2.96. The number of anilines is 1. The van der Waals surface area contributed by atoms with E-state index in [1.165, 1.54) is 12.4 Å². The average molecular weight is 221 g/mol. The first-order valence-corrected chi connectivity index (χ1v) is 4.95. The Morgan fingerprint density at radius 2 is 2.19 bits per heavy atom. The Labute approximate surface area is 92.4 Å². The van der Waals surface area contributed by atoms with E-state index in [1.807, 2.05) is 0 Å². The van der Waals surface area contributed by atoms with Crippen LogP contribution < -0.4 is 4.90 Å². The summed E-state index contributed by atoms with van der Waals surface area (Å²) in [6, 6.07) is 4.75. The average Bonchev–Trinajstić information content (AvgIpc) is 2.29. The fourth-order valence-corrected chi connectivity index (χ4v) is 1.60. The molecule has 1 aromatic carbocycles. The lowest BCUT2D eigenvalue weighted by atomic mass is 10.2. The van der Waals surface area contributed by atoms with E-state index in [-0.39, 0.29) is 12.4 Å². The van der Waals surface area contributed by atoms with Crippen LogP contribution in [0.4, 0.5) is 10.2 Å². The van der Waals surface area contributed by atoms with E-state index in [2.05, 4.69) is 9.97 Å². The summed E-state index contributed by atoms with van der Waals surface area (Å²) >= 11 is 0. The van der Waals surface area contributed by atoms with Gasteiger partial charge in [-0.1, -0.05) is 6.07 Å². The van der Waals surface area contributed by atoms with Gasteiger partial charge in [-0.25, -0.2) is 14.4 Å². The molecule has 5 heteroatoms. The summed E-state index contributed by atoms with van der Waals surface area (Å²) in [5.41, 5.74) is 0.303. The van der Waals surface area contributed by atoms with Gasteiger partial charge in [0.15, 0.2) is 0 Å². The Bertz CT molecular complexity index is 504. The summed E-state index contributed by atoms with van der Waals surface area (Å²) in [6.07, 6.45) is 1.33. The minimum Gasteiger partial charge on any atom is -0.395 e. The first kappa shape index (κ1) is 10.8. The van der Waals surface area contributed by atoms with E-state index in [0.29, 0.717) is 23.3 Å². The third kappa shape index (κ3) is 1.81. The molecular weight excluding hydrogens is 209 g/mol. The predicted octanol–water partition coefficient (Wildman–Crippen LogP) is 1.20. The number of hydrogen-bond acceptors (Lipinski definition) is 4. The molecular formula is C11H12FN3O. The van der Waals surface area contributed by atoms with Crippen molar-refractivity contribution in [3.8, 4) is 0 Å². The molecule has 2 aromatic rings. The topological polar surface area (TPSA) is 49.2 Å². The van der Waals surface area contributed by atoms with Crippen molar-refractivity contribution in [3.63, 3.8) is 0 Å². The van der Waals surface area contributed by atoms with Crippen LogP contribution in [0.25, 0.3) is 10.9 Å². The van der Waals surface area contributed by atoms with Crippen molar-refractivity contribution in [1.82, 2.24) is 9.97 Å². The maximum absolute atomic E-state index is 13.5. The van der Waals surface area contributed by atoms with Crippen molar-refractivity contribution in [2.75, 3.05) is 25.1 Å². The Morgan fingerprint density at radius 1 is 1.38 bits per heavy atom. The lowest BCUT2D eigenvalue weighted by Crippen LogP contribution is -2.22. The van der Waals surface area contributed by atoms with Gasteiger partial charge in [0.1, 0.15) is 23.5 Å². The molecule has 16 heavy (non-hydrogen) atoms. The molecule has 0 bridgehead atoms. The van der Waals surface area contributed by atoms with Crippen LogP contribution in [-0.4, -0.2) is 35.3 Å². The molecule has 0 aliphatic carbocycles. The van der Waals surface area contributed by atoms with Crippen molar-refractivity contribution < 1.29 is 9.50 Å². The monoisotopic (exact) mass is 221 g/mol. The third-order valence-corrected chi connectivity index (χ3v) is 2.39. The molecule has 1 aromatic heterocycles. The van der Waals surface area contributed by atoms with Crippen LogP contribution in [0.2, 0.25) is 0 Å². The van der Waals surface area contributed by atoms with E-state index in [0.717, 1.165) is 0 Å². The van der Waals surface area contributed by atoms with Gasteiger partial charge in [-0.3, -0.25) is 0 Å². The first-order valence-electron chi connectivity index (χ1n) is 4.95. The highest BCUT2D eigenvalue weighted by atomic mass is 19.1. The van der Waals surface area contributed by atoms with Gasteiger partial charge in [0, 0.05) is 19.0 Å². The number of para-hydroxylation sites is 1. The summed E-state index contributed by atoms with van der Waals surface area (Å²) in [6.45, 7) is 0.472. The largest absolute Gasteiger partial charge is 0.395 e. The number of hydrogen-bond donors (Lipinski definition) is 1. The standard InChI is InChI=1S/C11H12FN3O/c1-15(5-6-16)11-8-3-2-4-9(12)10(8)13-7-14-11/h2-4,7,16H,5-6H2,1H3. The normalized spacial score (nSPS) is 10.7. The third-order valence-electron chi connectivity index (χ3n) is 2.39. The summed E-state index contributed by atoms with van der Waals surface area (Å²) in [5.74, 6) is 0.261. The van der Waals surface area contributed by atoms with Crippen molar-refractivity contribution in [1.29, 1.82) is 0 Å². The molecule has 1 N–H and O–H groups in total. The van der Waals surface area contributed by atoms with Crippen LogP contribution in [-0.2, 0) is 0 Å². The van der Waals surface area contributed by atoms with Crippen molar-refractivity contribution >= 4 is 16.7 Å². The molecule has 0 radical (unpaired) electrons. The van der Waals surface area contributed by atoms with Crippen LogP contribution in [0.3, 0.4) is 0 Å². The smallest absolute Gasteiger partial charge is 0.149 e. The summed E-state index contributed by atoms with van der Waals surface area (Å²) in [5, 5.41) is 9.52. The zero-order chi connectivity index (χ0) is 11.5. The van der Waals surface area contributed by atoms with Crippen molar-refractivity contribution in [2.24, 2.45) is 0 Å². The fourth-order valence-electron chi connectivity index (χ4n) is 1.60. The highest BCUT2D eigenvalue weighted by molar-refractivity contribution is 5.89. The molecule has 0 amide bonds. The number of aromatic nitrogens is 2. The number of likely N-dealkylation sites (N-methyl/N-ethyl adjacent to an activating group) is 1. The minimum absolute atomic E-state index is 0.0251. The van der Waals surface area contributed by atoms with Gasteiger partial charge in [-0.2, -0.15) is 0 Å². The van der Waals surface area contributed by atoms with E-state index in [9.17, 15) is 4.39 Å². The lowest BCUT2D eigenvalue weighted by molar-refractivity contribution is 0.304. The lowest BCUT2D eigenvalue weighted by Gasteiger charge is -2.18. The van der Waals surface area contributed by atoms with Crippen LogP contribution in [0.1, 0.15) is 0 Å². The Balaban J connectivity index is 2.58. The first-order chi connectivity index (χ1) is 7.74. The van der Waals surface area contributed by atoms with Gasteiger partial charge < -0.3 is 10.0 Å². The number of fused-ring (bicyclic) bond motifs is 1. The number of aliphatic hydroxyl groups excluding tert-OH is 1. The Morgan fingerprint density at radius 3 is 2.94 bits per heavy atom. The van der Waals surface area contributed by atoms with Crippen molar-refractivity contribution in [3.05, 3.63) is 30.3 Å². The van der Waals surface area contributed by atoms with E-state index in [4.69, 9.17) is 5.11 Å². The highest BCUT2D eigenvalue weighted by Gasteiger charge is 2.10. The zero-order valence-electron chi connectivity index (χ0n) is 8.89. The molecule has 0 aliphatic heterocycles. The Hall–Kier alpha value is -1.75. The predicted molar refractivity (Wildman–Crippen MR) is 59.9 cm³/mol. The maximum atomic E-state index is 13.5. The van der Waals surface area contributed by atoms with Gasteiger partial charge in [-0.15, -0.1) is 0 Å². The summed E-state index contributed by atoms with van der Waals surface area (Å²) < 4.78 is 13.5. The molecule has 0 saturated carbocycles. The highest BCUT2D eigenvalue weighted by Crippen LogP contribution is 2.23. The second-order valence-corrected chi connectivity index (χ2v) is 3.48. The summed E-state index contributed by atoms with van der Waals surface area (Å²) in [7, 11) is 1.79. The maximum Gasteiger partial charge on any atom is 0.149 e. The molecule has 0 spiro atoms. The van der Waals surface area contributed by atoms with Crippen LogP contribution in [0, 0.1) is 5.82 Å². The molecule has 0 saturated heterocycles. The van der Waals surface area contributed by atoms with E-state index >= 15 is 0 Å². The van der Waals surface area contributed by atoms with Crippen LogP contribution >= 0.6 is 0 Å². The number of aliphatic hydroxyl groups is 1. The van der Waals surface area contributed by atoms with Gasteiger partial charge in [0.05, 0.1) is 6.61 Å². The molecule has 2 rings (SSSR count).